The highest BCUT2D eigenvalue weighted by molar-refractivity contribution is 6.53. The quantitative estimate of drug-likeness (QED) is 0.249. The summed E-state index contributed by atoms with van der Waals surface area (Å²) in [7, 11) is 0. The first-order valence-electron chi connectivity index (χ1n) is 11.5. The van der Waals surface area contributed by atoms with Crippen molar-refractivity contribution < 1.29 is 37.1 Å². The van der Waals surface area contributed by atoms with Gasteiger partial charge in [0.2, 0.25) is 0 Å². The molecule has 4 rings (SSSR count). The molecule has 206 valence electrons. The fourth-order valence-corrected chi connectivity index (χ4v) is 4.18. The first kappa shape index (κ1) is 28.7. The van der Waals surface area contributed by atoms with E-state index >= 15 is 0 Å². The molecule has 1 aliphatic heterocycles. The Kier molecular flexibility index (Phi) is 8.17. The lowest BCUT2D eigenvalue weighted by molar-refractivity contribution is -0.137. The second-order valence-electron chi connectivity index (χ2n) is 8.26. The highest BCUT2D eigenvalue weighted by atomic mass is 35.5. The molecule has 2 N–H and O–H groups in total. The molecule has 3 aromatic carbocycles. The minimum atomic E-state index is -4.71. The van der Waals surface area contributed by atoms with Crippen LogP contribution in [0.4, 0.5) is 30.2 Å². The third-order valence-corrected chi connectivity index (χ3v) is 6.25. The average molecular weight is 592 g/mol. The largest absolute Gasteiger partial charge is 0.462 e. The van der Waals surface area contributed by atoms with E-state index < -0.39 is 45.5 Å². The number of nitrogens with zero attached hydrogens (tertiary/aromatic N) is 1. The van der Waals surface area contributed by atoms with Crippen LogP contribution in [-0.4, -0.2) is 30.3 Å². The number of ether oxygens (including phenoxy) is 1. The van der Waals surface area contributed by atoms with Crippen LogP contribution in [0.3, 0.4) is 0 Å². The molecule has 1 heterocycles. The number of halogens is 5. The highest BCUT2D eigenvalue weighted by Gasteiger charge is 2.39. The summed E-state index contributed by atoms with van der Waals surface area (Å²) < 4.78 is 44.4. The van der Waals surface area contributed by atoms with Gasteiger partial charge < -0.3 is 15.4 Å². The van der Waals surface area contributed by atoms with Gasteiger partial charge in [-0.05, 0) is 61.5 Å². The highest BCUT2D eigenvalue weighted by Crippen LogP contribution is 2.36. The minimum Gasteiger partial charge on any atom is -0.462 e. The maximum Gasteiger partial charge on any atom is 0.417 e. The van der Waals surface area contributed by atoms with E-state index in [0.717, 1.165) is 11.0 Å². The first-order chi connectivity index (χ1) is 18.9. The van der Waals surface area contributed by atoms with Crippen LogP contribution in [0.2, 0.25) is 5.02 Å². The van der Waals surface area contributed by atoms with Crippen molar-refractivity contribution in [2.45, 2.75) is 13.1 Å². The molecule has 3 aromatic rings. The van der Waals surface area contributed by atoms with Gasteiger partial charge in [-0.3, -0.25) is 14.4 Å². The average Bonchev–Trinajstić information content (AvgIpc) is 3.12. The molecule has 0 bridgehead atoms. The number of nitrogens with one attached hydrogen (secondary N) is 2. The number of amides is 3. The number of benzene rings is 3. The van der Waals surface area contributed by atoms with Gasteiger partial charge in [-0.2, -0.15) is 13.2 Å². The summed E-state index contributed by atoms with van der Waals surface area (Å²) in [6, 6.07) is 14.3. The van der Waals surface area contributed by atoms with E-state index in [1.165, 1.54) is 54.6 Å². The summed E-state index contributed by atoms with van der Waals surface area (Å²) in [4.78, 5) is 51.6. The van der Waals surface area contributed by atoms with E-state index in [4.69, 9.17) is 27.9 Å². The van der Waals surface area contributed by atoms with Crippen LogP contribution >= 0.6 is 23.2 Å². The number of alkyl halides is 3. The SMILES string of the molecule is CCOC(=O)c1cccc(N2C(=O)C(Cl)=C(Nc3cccc(C(=O)Nc4ccc(Cl)c(C(F)(F)F)c4)c3)C2=O)c1. The van der Waals surface area contributed by atoms with Crippen LogP contribution in [-0.2, 0) is 20.5 Å². The predicted molar refractivity (Wildman–Crippen MR) is 142 cm³/mol. The number of imide groups is 1. The molecule has 0 unspecified atom stereocenters. The maximum absolute atomic E-state index is 13.2. The van der Waals surface area contributed by atoms with Crippen LogP contribution in [0.15, 0.2) is 77.5 Å². The normalized spacial score (nSPS) is 13.5. The molecule has 0 atom stereocenters. The van der Waals surface area contributed by atoms with Crippen molar-refractivity contribution in [3.63, 3.8) is 0 Å². The maximum atomic E-state index is 13.2. The molecule has 3 amide bonds. The lowest BCUT2D eigenvalue weighted by Crippen LogP contribution is -2.32. The van der Waals surface area contributed by atoms with Gasteiger partial charge in [-0.25, -0.2) is 9.69 Å². The molecule has 0 aromatic heterocycles. The van der Waals surface area contributed by atoms with Gasteiger partial charge in [-0.15, -0.1) is 0 Å². The Morgan fingerprint density at radius 3 is 2.30 bits per heavy atom. The molecule has 8 nitrogen and oxygen atoms in total. The Hall–Kier alpha value is -4.35. The van der Waals surface area contributed by atoms with Crippen molar-refractivity contribution in [3.8, 4) is 0 Å². The Morgan fingerprint density at radius 1 is 0.900 bits per heavy atom. The smallest absolute Gasteiger partial charge is 0.417 e. The number of carbonyl (C=O) groups is 4. The molecule has 13 heteroatoms. The molecule has 0 aliphatic carbocycles. The number of anilines is 3. The lowest BCUT2D eigenvalue weighted by Gasteiger charge is -2.16. The van der Waals surface area contributed by atoms with E-state index in [0.29, 0.717) is 6.07 Å². The van der Waals surface area contributed by atoms with Crippen LogP contribution < -0.4 is 15.5 Å². The van der Waals surface area contributed by atoms with Crippen LogP contribution in [0.5, 0.6) is 0 Å². The molecule has 0 saturated heterocycles. The van der Waals surface area contributed by atoms with Crippen LogP contribution in [0.1, 0.15) is 33.2 Å². The van der Waals surface area contributed by atoms with Crippen LogP contribution in [0.25, 0.3) is 0 Å². The molecule has 0 radical (unpaired) electrons. The van der Waals surface area contributed by atoms with Crippen LogP contribution in [0, 0.1) is 0 Å². The van der Waals surface area contributed by atoms with Gasteiger partial charge in [0, 0.05) is 16.9 Å². The van der Waals surface area contributed by atoms with Crippen molar-refractivity contribution in [2.75, 3.05) is 22.1 Å². The Morgan fingerprint density at radius 2 is 1.60 bits per heavy atom. The molecular weight excluding hydrogens is 574 g/mol. The van der Waals surface area contributed by atoms with Gasteiger partial charge in [0.1, 0.15) is 10.7 Å². The van der Waals surface area contributed by atoms with E-state index in [-0.39, 0.29) is 40.5 Å². The molecule has 0 spiro atoms. The fourth-order valence-electron chi connectivity index (χ4n) is 3.74. The summed E-state index contributed by atoms with van der Waals surface area (Å²) >= 11 is 11.8. The Bertz CT molecular complexity index is 1570. The number of esters is 1. The van der Waals surface area contributed by atoms with E-state index in [9.17, 15) is 32.3 Å². The zero-order valence-electron chi connectivity index (χ0n) is 20.4. The number of carbonyl (C=O) groups excluding carboxylic acids is 4. The first-order valence-corrected chi connectivity index (χ1v) is 12.3. The lowest BCUT2D eigenvalue weighted by atomic mass is 10.1. The second-order valence-corrected chi connectivity index (χ2v) is 9.04. The van der Waals surface area contributed by atoms with Crippen molar-refractivity contribution in [1.82, 2.24) is 0 Å². The minimum absolute atomic E-state index is 0.0287. The fraction of sp³-hybridized carbons (Fsp3) is 0.111. The third-order valence-electron chi connectivity index (χ3n) is 5.57. The van der Waals surface area contributed by atoms with E-state index in [2.05, 4.69) is 10.6 Å². The molecule has 0 fully saturated rings. The van der Waals surface area contributed by atoms with E-state index in [1.54, 1.807) is 6.92 Å². The second kappa shape index (κ2) is 11.4. The number of hydrogen-bond donors (Lipinski definition) is 2. The van der Waals surface area contributed by atoms with Crippen molar-refractivity contribution in [1.29, 1.82) is 0 Å². The molecule has 0 saturated carbocycles. The molecule has 1 aliphatic rings. The number of hydrogen-bond acceptors (Lipinski definition) is 6. The van der Waals surface area contributed by atoms with Crippen molar-refractivity contribution in [2.24, 2.45) is 0 Å². The van der Waals surface area contributed by atoms with Crippen molar-refractivity contribution >= 4 is 64.0 Å². The monoisotopic (exact) mass is 591 g/mol. The van der Waals surface area contributed by atoms with Gasteiger partial charge in [0.25, 0.3) is 17.7 Å². The zero-order valence-corrected chi connectivity index (χ0v) is 21.9. The summed E-state index contributed by atoms with van der Waals surface area (Å²) in [6.45, 7) is 1.77. The van der Waals surface area contributed by atoms with Gasteiger partial charge in [-0.1, -0.05) is 35.3 Å². The number of rotatable bonds is 7. The summed E-state index contributed by atoms with van der Waals surface area (Å²) in [5.74, 6) is -3.03. The zero-order chi connectivity index (χ0) is 29.2. The van der Waals surface area contributed by atoms with Gasteiger partial charge in [0.15, 0.2) is 0 Å². The summed E-state index contributed by atoms with van der Waals surface area (Å²) in [5, 5.41) is 4.14. The Labute approximate surface area is 235 Å². The van der Waals surface area contributed by atoms with Crippen molar-refractivity contribution in [3.05, 3.63) is 99.2 Å². The standard InChI is InChI=1S/C27H18Cl2F3N3O5/c1-2-40-26(39)15-6-4-8-18(12-15)35-24(37)21(29)22(25(35)38)33-16-7-3-5-14(11-16)23(36)34-17-9-10-20(28)19(13-17)27(30,31)32/h3-13,33H,2H2,1H3,(H,34,36). The van der Waals surface area contributed by atoms with E-state index in [1.807, 2.05) is 0 Å². The van der Waals surface area contributed by atoms with Gasteiger partial charge >= 0.3 is 12.1 Å². The summed E-state index contributed by atoms with van der Waals surface area (Å²) in [6.07, 6.45) is -4.71. The van der Waals surface area contributed by atoms with Gasteiger partial charge in [0.05, 0.1) is 28.4 Å². The summed E-state index contributed by atoms with van der Waals surface area (Å²) in [5.41, 5.74) is -1.09. The third kappa shape index (κ3) is 5.95. The molecule has 40 heavy (non-hydrogen) atoms. The Balaban J connectivity index is 1.53. The topological polar surface area (TPSA) is 105 Å². The predicted octanol–water partition coefficient (Wildman–Crippen LogP) is 6.22. The molecular formula is C27H18Cl2F3N3O5.